The first-order valence-corrected chi connectivity index (χ1v) is 8.66. The average Bonchev–Trinajstić information content (AvgIpc) is 2.77. The molecule has 1 aromatic carbocycles. The van der Waals surface area contributed by atoms with Crippen molar-refractivity contribution in [2.24, 2.45) is 0 Å². The van der Waals surface area contributed by atoms with E-state index in [-0.39, 0.29) is 0 Å². The van der Waals surface area contributed by atoms with E-state index in [2.05, 4.69) is 10.3 Å². The van der Waals surface area contributed by atoms with Crippen LogP contribution in [0.4, 0.5) is 0 Å². The fourth-order valence-corrected chi connectivity index (χ4v) is 4.47. The maximum Gasteiger partial charge on any atom is 0.243 e. The molecule has 1 saturated heterocycles. The van der Waals surface area contributed by atoms with Crippen molar-refractivity contribution in [3.63, 3.8) is 0 Å². The van der Waals surface area contributed by atoms with Crippen molar-refractivity contribution in [3.05, 3.63) is 35.6 Å². The molecule has 0 unspecified atom stereocenters. The number of sulfonamides is 1. The van der Waals surface area contributed by atoms with Crippen molar-refractivity contribution < 1.29 is 8.42 Å². The third-order valence-corrected chi connectivity index (χ3v) is 5.89. The zero-order valence-electron chi connectivity index (χ0n) is 11.4. The molecule has 0 amide bonds. The predicted octanol–water partition coefficient (Wildman–Crippen LogP) is 1.87. The number of hydrogen-bond acceptors (Lipinski definition) is 4. The van der Waals surface area contributed by atoms with Crippen LogP contribution in [0.2, 0.25) is 5.15 Å². The van der Waals surface area contributed by atoms with Gasteiger partial charge in [0.15, 0.2) is 0 Å². The number of nitrogens with zero attached hydrogens (tertiary/aromatic N) is 2. The molecule has 1 aromatic heterocycles. The summed E-state index contributed by atoms with van der Waals surface area (Å²) in [6.45, 7) is 2.53. The highest BCUT2D eigenvalue weighted by Gasteiger charge is 2.26. The lowest BCUT2D eigenvalue weighted by Gasteiger charge is -2.20. The van der Waals surface area contributed by atoms with Crippen molar-refractivity contribution in [2.75, 3.05) is 26.2 Å². The maximum absolute atomic E-state index is 12.9. The summed E-state index contributed by atoms with van der Waals surface area (Å²) in [6.07, 6.45) is 2.35. The second kappa shape index (κ2) is 5.88. The Morgan fingerprint density at radius 1 is 1.14 bits per heavy atom. The highest BCUT2D eigenvalue weighted by molar-refractivity contribution is 7.89. The molecule has 5 nitrogen and oxygen atoms in total. The van der Waals surface area contributed by atoms with Crippen LogP contribution in [0.5, 0.6) is 0 Å². The first-order chi connectivity index (χ1) is 10.1. The SMILES string of the molecule is O=S(=O)(c1cccc2c(Cl)nccc12)N1CCCNCC1. The first kappa shape index (κ1) is 14.7. The average molecular weight is 326 g/mol. The zero-order valence-corrected chi connectivity index (χ0v) is 13.0. The van der Waals surface area contributed by atoms with Crippen molar-refractivity contribution in [2.45, 2.75) is 11.3 Å². The number of halogens is 1. The maximum atomic E-state index is 12.9. The van der Waals surface area contributed by atoms with E-state index in [1.54, 1.807) is 24.3 Å². The highest BCUT2D eigenvalue weighted by atomic mass is 35.5. The van der Waals surface area contributed by atoms with Crippen molar-refractivity contribution in [1.29, 1.82) is 0 Å². The van der Waals surface area contributed by atoms with Gasteiger partial charge in [0.2, 0.25) is 10.0 Å². The quantitative estimate of drug-likeness (QED) is 0.856. The number of fused-ring (bicyclic) bond motifs is 1. The summed E-state index contributed by atoms with van der Waals surface area (Å²) in [5, 5.41) is 4.81. The number of nitrogens with one attached hydrogen (secondary N) is 1. The topological polar surface area (TPSA) is 62.3 Å². The zero-order chi connectivity index (χ0) is 14.9. The normalized spacial score (nSPS) is 17.8. The molecule has 0 aliphatic carbocycles. The third kappa shape index (κ3) is 2.76. The lowest BCUT2D eigenvalue weighted by Crippen LogP contribution is -2.34. The standard InChI is InChI=1S/C14H16ClN3O2S/c15-14-12-3-1-4-13(11(12)5-7-17-14)21(19,20)18-9-2-6-16-8-10-18/h1,3-5,7,16H,2,6,8-10H2. The predicted molar refractivity (Wildman–Crippen MR) is 83.0 cm³/mol. The minimum Gasteiger partial charge on any atom is -0.315 e. The Hall–Kier alpha value is -1.21. The summed E-state index contributed by atoms with van der Waals surface area (Å²) in [4.78, 5) is 4.30. The lowest BCUT2D eigenvalue weighted by molar-refractivity contribution is 0.432. The van der Waals surface area contributed by atoms with E-state index in [0.29, 0.717) is 40.5 Å². The van der Waals surface area contributed by atoms with Crippen LogP contribution in [0, 0.1) is 0 Å². The van der Waals surface area contributed by atoms with Gasteiger partial charge in [-0.2, -0.15) is 4.31 Å². The van der Waals surface area contributed by atoms with Gasteiger partial charge in [0.25, 0.3) is 0 Å². The molecular formula is C14H16ClN3O2S. The molecule has 3 rings (SSSR count). The lowest BCUT2D eigenvalue weighted by atomic mass is 10.2. The number of benzene rings is 1. The van der Waals surface area contributed by atoms with Gasteiger partial charge in [-0.15, -0.1) is 0 Å². The van der Waals surface area contributed by atoms with Crippen molar-refractivity contribution >= 4 is 32.4 Å². The van der Waals surface area contributed by atoms with E-state index in [1.807, 2.05) is 0 Å². The molecule has 112 valence electrons. The van der Waals surface area contributed by atoms with E-state index in [9.17, 15) is 8.42 Å². The van der Waals surface area contributed by atoms with Gasteiger partial charge < -0.3 is 5.32 Å². The summed E-state index contributed by atoms with van der Waals surface area (Å²) in [7, 11) is -3.52. The van der Waals surface area contributed by atoms with E-state index < -0.39 is 10.0 Å². The molecule has 1 aliphatic rings. The second-order valence-electron chi connectivity index (χ2n) is 4.96. The van der Waals surface area contributed by atoms with Crippen molar-refractivity contribution in [1.82, 2.24) is 14.6 Å². The van der Waals surface area contributed by atoms with Crippen LogP contribution in [0.25, 0.3) is 10.8 Å². The molecule has 1 fully saturated rings. The van der Waals surface area contributed by atoms with E-state index in [0.717, 1.165) is 13.0 Å². The van der Waals surface area contributed by atoms with E-state index >= 15 is 0 Å². The Morgan fingerprint density at radius 2 is 2.00 bits per heavy atom. The van der Waals surface area contributed by atoms with E-state index in [1.165, 1.54) is 10.5 Å². The van der Waals surface area contributed by atoms with Gasteiger partial charge in [0.05, 0.1) is 4.90 Å². The molecule has 7 heteroatoms. The molecule has 0 atom stereocenters. The van der Waals surface area contributed by atoms with Crippen LogP contribution in [0.3, 0.4) is 0 Å². The third-order valence-electron chi connectivity index (χ3n) is 3.63. The summed E-state index contributed by atoms with van der Waals surface area (Å²) >= 11 is 6.06. The van der Waals surface area contributed by atoms with Gasteiger partial charge in [0, 0.05) is 36.6 Å². The Balaban J connectivity index is 2.12. The van der Waals surface area contributed by atoms with Crippen LogP contribution in [0.1, 0.15) is 6.42 Å². The molecule has 0 saturated carbocycles. The minimum absolute atomic E-state index is 0.297. The molecule has 2 heterocycles. The summed E-state index contributed by atoms with van der Waals surface area (Å²) in [5.41, 5.74) is 0. The summed E-state index contributed by atoms with van der Waals surface area (Å²) in [5.74, 6) is 0. The summed E-state index contributed by atoms with van der Waals surface area (Å²) in [6, 6.07) is 6.82. The molecule has 0 spiro atoms. The van der Waals surface area contributed by atoms with Crippen LogP contribution >= 0.6 is 11.6 Å². The fourth-order valence-electron chi connectivity index (χ4n) is 2.57. The largest absolute Gasteiger partial charge is 0.315 e. The summed E-state index contributed by atoms with van der Waals surface area (Å²) < 4.78 is 27.3. The van der Waals surface area contributed by atoms with Crippen LogP contribution < -0.4 is 5.32 Å². The van der Waals surface area contributed by atoms with Crippen molar-refractivity contribution in [3.8, 4) is 0 Å². The molecule has 1 N–H and O–H groups in total. The van der Waals surface area contributed by atoms with E-state index in [4.69, 9.17) is 11.6 Å². The number of hydrogen-bond donors (Lipinski definition) is 1. The fraction of sp³-hybridized carbons (Fsp3) is 0.357. The van der Waals surface area contributed by atoms with Gasteiger partial charge in [-0.1, -0.05) is 23.7 Å². The minimum atomic E-state index is -3.52. The molecule has 0 bridgehead atoms. The van der Waals surface area contributed by atoms with Gasteiger partial charge in [-0.05, 0) is 25.1 Å². The first-order valence-electron chi connectivity index (χ1n) is 6.85. The van der Waals surface area contributed by atoms with Gasteiger partial charge in [0.1, 0.15) is 5.15 Å². The molecule has 0 radical (unpaired) electrons. The molecule has 21 heavy (non-hydrogen) atoms. The number of rotatable bonds is 2. The Morgan fingerprint density at radius 3 is 2.86 bits per heavy atom. The Labute approximate surface area is 129 Å². The monoisotopic (exact) mass is 325 g/mol. The van der Waals surface area contributed by atoms with Gasteiger partial charge >= 0.3 is 0 Å². The molecule has 2 aromatic rings. The Kier molecular flexibility index (Phi) is 4.12. The number of aromatic nitrogens is 1. The second-order valence-corrected chi connectivity index (χ2v) is 7.23. The van der Waals surface area contributed by atoms with Gasteiger partial charge in [-0.25, -0.2) is 13.4 Å². The molecular weight excluding hydrogens is 310 g/mol. The highest BCUT2D eigenvalue weighted by Crippen LogP contribution is 2.29. The van der Waals surface area contributed by atoms with Gasteiger partial charge in [-0.3, -0.25) is 0 Å². The van der Waals surface area contributed by atoms with Crippen LogP contribution in [0.15, 0.2) is 35.4 Å². The number of pyridine rings is 1. The van der Waals surface area contributed by atoms with Crippen LogP contribution in [-0.4, -0.2) is 43.9 Å². The smallest absolute Gasteiger partial charge is 0.243 e. The Bertz CT molecular complexity index is 756. The van der Waals surface area contributed by atoms with Crippen LogP contribution in [-0.2, 0) is 10.0 Å². The molecule has 1 aliphatic heterocycles.